The number of carbonyl (C=O) groups excluding carboxylic acids is 1. The first-order valence-corrected chi connectivity index (χ1v) is 11.6. The van der Waals surface area contributed by atoms with Gasteiger partial charge in [0.05, 0.1) is 6.54 Å². The fourth-order valence-electron chi connectivity index (χ4n) is 4.27. The minimum Gasteiger partial charge on any atom is -0.485 e. The quantitative estimate of drug-likeness (QED) is 0.475. The predicted octanol–water partition coefficient (Wildman–Crippen LogP) is 2.31. The van der Waals surface area contributed by atoms with Crippen molar-refractivity contribution in [1.82, 2.24) is 25.4 Å². The summed E-state index contributed by atoms with van der Waals surface area (Å²) in [6, 6.07) is 4.97. The van der Waals surface area contributed by atoms with Gasteiger partial charge in [0.25, 0.3) is 0 Å². The summed E-state index contributed by atoms with van der Waals surface area (Å²) in [5, 5.41) is 6.34. The predicted molar refractivity (Wildman–Crippen MR) is 128 cm³/mol. The molecule has 2 N–H and O–H groups in total. The van der Waals surface area contributed by atoms with E-state index in [1.807, 2.05) is 11.9 Å². The summed E-state index contributed by atoms with van der Waals surface area (Å²) in [5.74, 6) is -2.50. The number of hydrogen-bond donors (Lipinski definition) is 2. The van der Waals surface area contributed by atoms with Crippen LogP contribution in [0.4, 0.5) is 13.2 Å². The maximum Gasteiger partial charge on any atom is 0.236 e. The lowest BCUT2D eigenvalue weighted by Crippen LogP contribution is -2.51. The van der Waals surface area contributed by atoms with Crippen LogP contribution in [0.2, 0.25) is 0 Å². The van der Waals surface area contributed by atoms with Gasteiger partial charge in [0.15, 0.2) is 11.6 Å². The van der Waals surface area contributed by atoms with Crippen LogP contribution in [-0.4, -0.2) is 79.6 Å². The summed E-state index contributed by atoms with van der Waals surface area (Å²) in [6.45, 7) is 4.91. The van der Waals surface area contributed by atoms with Crippen molar-refractivity contribution in [3.63, 3.8) is 0 Å². The molecule has 2 aromatic rings. The molecular weight excluding hydrogens is 483 g/mol. The third kappa shape index (κ3) is 7.07. The lowest BCUT2D eigenvalue weighted by atomic mass is 10.1. The molecule has 1 aliphatic carbocycles. The largest absolute Gasteiger partial charge is 0.485 e. The molecule has 35 heavy (non-hydrogen) atoms. The zero-order chi connectivity index (χ0) is 24.1. The Morgan fingerprint density at radius 1 is 1.20 bits per heavy atom. The number of rotatable bonds is 10. The summed E-state index contributed by atoms with van der Waals surface area (Å²) in [4.78, 5) is 20.3. The van der Waals surface area contributed by atoms with Gasteiger partial charge in [-0.15, -0.1) is 12.4 Å². The molecule has 192 valence electrons. The molecule has 2 atom stereocenters. The SMILES string of the molecule is CNCCN1CCN(C(=O)CN[C@@H]2C[C@H]2c2cc(F)cc(F)c2OCc2cccnc2F)CC1.Cl. The van der Waals surface area contributed by atoms with Gasteiger partial charge in [0.1, 0.15) is 12.4 Å². The van der Waals surface area contributed by atoms with Crippen LogP contribution in [0.3, 0.4) is 0 Å². The maximum absolute atomic E-state index is 14.5. The molecule has 1 saturated carbocycles. The molecule has 11 heteroatoms. The number of halogens is 4. The van der Waals surface area contributed by atoms with Gasteiger partial charge in [-0.1, -0.05) is 0 Å². The molecule has 0 spiro atoms. The third-order valence-corrected chi connectivity index (χ3v) is 6.35. The molecule has 4 rings (SSSR count). The lowest BCUT2D eigenvalue weighted by Gasteiger charge is -2.34. The standard InChI is InChI=1S/C24H30F3N5O2.ClH/c1-28-5-6-31-7-9-32(10-8-31)22(33)14-30-21-13-18(21)19-11-17(25)12-20(26)23(19)34-15-16-3-2-4-29-24(16)27;/h2-4,11-12,18,21,28,30H,5-10,13-15H2,1H3;1H/t18-,21+;/m0./s1. The van der Waals surface area contributed by atoms with Gasteiger partial charge >= 0.3 is 0 Å². The molecule has 0 bridgehead atoms. The Bertz CT molecular complexity index is 1010. The van der Waals surface area contributed by atoms with Crippen molar-refractivity contribution in [2.75, 3.05) is 52.9 Å². The molecule has 7 nitrogen and oxygen atoms in total. The molecule has 2 heterocycles. The van der Waals surface area contributed by atoms with Gasteiger partial charge in [-0.05, 0) is 31.7 Å². The van der Waals surface area contributed by atoms with E-state index < -0.39 is 17.6 Å². The second-order valence-corrected chi connectivity index (χ2v) is 8.70. The van der Waals surface area contributed by atoms with Gasteiger partial charge in [-0.3, -0.25) is 9.69 Å². The Morgan fingerprint density at radius 3 is 2.69 bits per heavy atom. The number of ether oxygens (including phenoxy) is 1. The van der Waals surface area contributed by atoms with Gasteiger partial charge < -0.3 is 20.3 Å². The number of likely N-dealkylation sites (N-methyl/N-ethyl adjacent to an activating group) is 1. The van der Waals surface area contributed by atoms with E-state index in [9.17, 15) is 18.0 Å². The Balaban J connectivity index is 0.00000342. The summed E-state index contributed by atoms with van der Waals surface area (Å²) in [6.07, 6.45) is 1.94. The van der Waals surface area contributed by atoms with Crippen molar-refractivity contribution in [1.29, 1.82) is 0 Å². The van der Waals surface area contributed by atoms with Crippen LogP contribution in [0.25, 0.3) is 0 Å². The normalized spacial score (nSPS) is 19.8. The Kier molecular flexibility index (Phi) is 9.73. The van der Waals surface area contributed by atoms with Crippen LogP contribution in [-0.2, 0) is 11.4 Å². The van der Waals surface area contributed by atoms with Crippen LogP contribution in [0.5, 0.6) is 5.75 Å². The van der Waals surface area contributed by atoms with Crippen molar-refractivity contribution in [2.24, 2.45) is 0 Å². The molecular formula is C24H31ClF3N5O2. The highest BCUT2D eigenvalue weighted by Crippen LogP contribution is 2.46. The van der Waals surface area contributed by atoms with E-state index in [4.69, 9.17) is 4.74 Å². The first kappa shape index (κ1) is 27.2. The van der Waals surface area contributed by atoms with Crippen molar-refractivity contribution < 1.29 is 22.7 Å². The Morgan fingerprint density at radius 2 is 1.97 bits per heavy atom. The molecule has 1 aliphatic heterocycles. The number of amides is 1. The van der Waals surface area contributed by atoms with Crippen LogP contribution in [0.15, 0.2) is 30.5 Å². The minimum absolute atomic E-state index is 0. The first-order chi connectivity index (χ1) is 16.5. The van der Waals surface area contributed by atoms with E-state index in [0.717, 1.165) is 32.2 Å². The molecule has 0 radical (unpaired) electrons. The third-order valence-electron chi connectivity index (χ3n) is 6.35. The van der Waals surface area contributed by atoms with E-state index >= 15 is 0 Å². The van der Waals surface area contributed by atoms with E-state index in [2.05, 4.69) is 20.5 Å². The number of piperazine rings is 1. The number of benzene rings is 1. The molecule has 2 fully saturated rings. The van der Waals surface area contributed by atoms with Crippen molar-refractivity contribution >= 4 is 18.3 Å². The van der Waals surface area contributed by atoms with E-state index in [1.54, 1.807) is 6.07 Å². The first-order valence-electron chi connectivity index (χ1n) is 11.6. The summed E-state index contributed by atoms with van der Waals surface area (Å²) in [5.41, 5.74) is 0.559. The molecule has 2 aliphatic rings. The number of carbonyl (C=O) groups is 1. The van der Waals surface area contributed by atoms with E-state index in [1.165, 1.54) is 18.3 Å². The molecule has 1 saturated heterocycles. The van der Waals surface area contributed by atoms with Crippen LogP contribution < -0.4 is 15.4 Å². The maximum atomic E-state index is 14.5. The zero-order valence-electron chi connectivity index (χ0n) is 19.6. The highest BCUT2D eigenvalue weighted by Gasteiger charge is 2.41. The molecule has 0 unspecified atom stereocenters. The van der Waals surface area contributed by atoms with E-state index in [-0.39, 0.29) is 54.7 Å². The number of hydrogen-bond acceptors (Lipinski definition) is 6. The Hall–Kier alpha value is -2.40. The number of aromatic nitrogens is 1. The highest BCUT2D eigenvalue weighted by atomic mass is 35.5. The minimum atomic E-state index is -0.836. The van der Waals surface area contributed by atoms with Crippen molar-refractivity contribution in [3.05, 3.63) is 59.2 Å². The summed E-state index contributed by atoms with van der Waals surface area (Å²) in [7, 11) is 1.92. The second-order valence-electron chi connectivity index (χ2n) is 8.70. The van der Waals surface area contributed by atoms with Crippen LogP contribution in [0, 0.1) is 17.6 Å². The smallest absolute Gasteiger partial charge is 0.236 e. The topological polar surface area (TPSA) is 69.7 Å². The lowest BCUT2D eigenvalue weighted by molar-refractivity contribution is -0.132. The summed E-state index contributed by atoms with van der Waals surface area (Å²) >= 11 is 0. The van der Waals surface area contributed by atoms with E-state index in [0.29, 0.717) is 25.1 Å². The van der Waals surface area contributed by atoms with Gasteiger partial charge in [0, 0.05) is 74.6 Å². The monoisotopic (exact) mass is 513 g/mol. The van der Waals surface area contributed by atoms with Gasteiger partial charge in [-0.2, -0.15) is 4.39 Å². The van der Waals surface area contributed by atoms with Crippen molar-refractivity contribution in [3.8, 4) is 5.75 Å². The number of nitrogens with one attached hydrogen (secondary N) is 2. The molecule has 1 aromatic carbocycles. The van der Waals surface area contributed by atoms with Crippen LogP contribution in [0.1, 0.15) is 23.5 Å². The summed E-state index contributed by atoms with van der Waals surface area (Å²) < 4.78 is 47.9. The molecule has 1 amide bonds. The Labute approximate surface area is 209 Å². The number of nitrogens with zero attached hydrogens (tertiary/aromatic N) is 3. The zero-order valence-corrected chi connectivity index (χ0v) is 20.4. The van der Waals surface area contributed by atoms with Crippen LogP contribution >= 0.6 is 12.4 Å². The average Bonchev–Trinajstić information content (AvgIpc) is 3.61. The van der Waals surface area contributed by atoms with Crippen molar-refractivity contribution in [2.45, 2.75) is 25.0 Å². The van der Waals surface area contributed by atoms with Gasteiger partial charge in [-0.25, -0.2) is 13.8 Å². The molecule has 1 aromatic heterocycles. The fourth-order valence-corrected chi connectivity index (χ4v) is 4.27. The second kappa shape index (κ2) is 12.5. The fraction of sp³-hybridized carbons (Fsp3) is 0.500. The average molecular weight is 514 g/mol. The number of pyridine rings is 1. The highest BCUT2D eigenvalue weighted by molar-refractivity contribution is 5.85. The van der Waals surface area contributed by atoms with Gasteiger partial charge in [0.2, 0.25) is 11.9 Å².